The maximum atomic E-state index is 6.17. The molecular formula is C12H17N. The SMILES string of the molecule is Cc1cccc([C@H](N)C2CC2)c1C. The second-order valence-corrected chi connectivity index (χ2v) is 4.15. The molecule has 1 aliphatic rings. The van der Waals surface area contributed by atoms with Crippen LogP contribution in [0.1, 0.15) is 35.6 Å². The van der Waals surface area contributed by atoms with Crippen LogP contribution in [0.3, 0.4) is 0 Å². The Labute approximate surface area is 80.0 Å². The largest absolute Gasteiger partial charge is 0.324 e. The van der Waals surface area contributed by atoms with E-state index in [0.29, 0.717) is 0 Å². The summed E-state index contributed by atoms with van der Waals surface area (Å²) in [4.78, 5) is 0. The first-order chi connectivity index (χ1) is 6.20. The maximum absolute atomic E-state index is 6.17. The molecule has 0 aromatic heterocycles. The van der Waals surface area contributed by atoms with Gasteiger partial charge < -0.3 is 5.73 Å². The number of hydrogen-bond acceptors (Lipinski definition) is 1. The highest BCUT2D eigenvalue weighted by atomic mass is 14.7. The molecule has 0 saturated heterocycles. The van der Waals surface area contributed by atoms with Crippen molar-refractivity contribution in [2.45, 2.75) is 32.7 Å². The Morgan fingerprint density at radius 2 is 2.00 bits per heavy atom. The van der Waals surface area contributed by atoms with Crippen molar-refractivity contribution >= 4 is 0 Å². The molecule has 2 rings (SSSR count). The second kappa shape index (κ2) is 3.15. The van der Waals surface area contributed by atoms with E-state index in [1.54, 1.807) is 0 Å². The van der Waals surface area contributed by atoms with E-state index in [4.69, 9.17) is 5.73 Å². The van der Waals surface area contributed by atoms with Crippen LogP contribution in [0.5, 0.6) is 0 Å². The van der Waals surface area contributed by atoms with Crippen LogP contribution in [0.2, 0.25) is 0 Å². The molecule has 0 amide bonds. The average Bonchev–Trinajstić information content (AvgIpc) is 2.91. The second-order valence-electron chi connectivity index (χ2n) is 4.15. The molecule has 70 valence electrons. The molecule has 0 radical (unpaired) electrons. The lowest BCUT2D eigenvalue weighted by Gasteiger charge is -2.15. The quantitative estimate of drug-likeness (QED) is 0.734. The van der Waals surface area contributed by atoms with E-state index in [1.165, 1.54) is 29.5 Å². The molecule has 1 aromatic carbocycles. The van der Waals surface area contributed by atoms with Crippen LogP contribution in [-0.2, 0) is 0 Å². The van der Waals surface area contributed by atoms with Crippen LogP contribution in [0, 0.1) is 19.8 Å². The van der Waals surface area contributed by atoms with Gasteiger partial charge in [-0.1, -0.05) is 18.2 Å². The zero-order valence-electron chi connectivity index (χ0n) is 8.38. The Morgan fingerprint density at radius 3 is 2.62 bits per heavy atom. The fraction of sp³-hybridized carbons (Fsp3) is 0.500. The molecule has 0 aliphatic heterocycles. The van der Waals surface area contributed by atoms with E-state index >= 15 is 0 Å². The number of rotatable bonds is 2. The predicted molar refractivity (Wildman–Crippen MR) is 55.6 cm³/mol. The molecule has 0 bridgehead atoms. The minimum atomic E-state index is 0.278. The van der Waals surface area contributed by atoms with Crippen molar-refractivity contribution in [3.63, 3.8) is 0 Å². The van der Waals surface area contributed by atoms with Crippen molar-refractivity contribution in [2.24, 2.45) is 11.7 Å². The van der Waals surface area contributed by atoms with Gasteiger partial charge in [-0.2, -0.15) is 0 Å². The van der Waals surface area contributed by atoms with Gasteiger partial charge in [0.25, 0.3) is 0 Å². The van der Waals surface area contributed by atoms with Gasteiger partial charge in [-0.3, -0.25) is 0 Å². The van der Waals surface area contributed by atoms with Crippen molar-refractivity contribution in [3.8, 4) is 0 Å². The van der Waals surface area contributed by atoms with Crippen molar-refractivity contribution in [3.05, 3.63) is 34.9 Å². The first-order valence-electron chi connectivity index (χ1n) is 5.02. The molecule has 0 heterocycles. The van der Waals surface area contributed by atoms with E-state index in [2.05, 4.69) is 32.0 Å². The van der Waals surface area contributed by atoms with Crippen LogP contribution in [-0.4, -0.2) is 0 Å². The molecule has 2 N–H and O–H groups in total. The number of aryl methyl sites for hydroxylation is 1. The molecule has 1 nitrogen and oxygen atoms in total. The first-order valence-corrected chi connectivity index (χ1v) is 5.02. The molecule has 1 saturated carbocycles. The standard InChI is InChI=1S/C12H17N/c1-8-4-3-5-11(9(8)2)12(13)10-6-7-10/h3-5,10,12H,6-7,13H2,1-2H3/t12-/m1/s1. The number of benzene rings is 1. The third-order valence-corrected chi connectivity index (χ3v) is 3.14. The Hall–Kier alpha value is -0.820. The number of nitrogens with two attached hydrogens (primary N) is 1. The molecule has 13 heavy (non-hydrogen) atoms. The molecule has 1 heteroatoms. The van der Waals surface area contributed by atoms with Gasteiger partial charge in [-0.15, -0.1) is 0 Å². The van der Waals surface area contributed by atoms with Crippen molar-refractivity contribution < 1.29 is 0 Å². The van der Waals surface area contributed by atoms with Gasteiger partial charge in [-0.05, 0) is 49.3 Å². The van der Waals surface area contributed by atoms with Gasteiger partial charge in [0.05, 0.1) is 0 Å². The summed E-state index contributed by atoms with van der Waals surface area (Å²) in [6, 6.07) is 6.71. The predicted octanol–water partition coefficient (Wildman–Crippen LogP) is 2.71. The van der Waals surface area contributed by atoms with Gasteiger partial charge in [0, 0.05) is 6.04 Å². The zero-order chi connectivity index (χ0) is 9.42. The molecule has 1 aliphatic carbocycles. The summed E-state index contributed by atoms with van der Waals surface area (Å²) in [5.74, 6) is 0.750. The monoisotopic (exact) mass is 175 g/mol. The van der Waals surface area contributed by atoms with E-state index < -0.39 is 0 Å². The Morgan fingerprint density at radius 1 is 1.31 bits per heavy atom. The molecule has 1 atom stereocenters. The zero-order valence-corrected chi connectivity index (χ0v) is 8.38. The first kappa shape index (κ1) is 8.76. The van der Waals surface area contributed by atoms with Gasteiger partial charge in [0.1, 0.15) is 0 Å². The molecule has 1 aromatic rings. The van der Waals surface area contributed by atoms with E-state index in [0.717, 1.165) is 5.92 Å². The van der Waals surface area contributed by atoms with E-state index in [-0.39, 0.29) is 6.04 Å². The average molecular weight is 175 g/mol. The van der Waals surface area contributed by atoms with Crippen molar-refractivity contribution in [2.75, 3.05) is 0 Å². The summed E-state index contributed by atoms with van der Waals surface area (Å²) in [6.45, 7) is 4.32. The number of hydrogen-bond donors (Lipinski definition) is 1. The molecule has 1 fully saturated rings. The minimum absolute atomic E-state index is 0.278. The van der Waals surface area contributed by atoms with Crippen molar-refractivity contribution in [1.29, 1.82) is 0 Å². The summed E-state index contributed by atoms with van der Waals surface area (Å²) in [5.41, 5.74) is 10.3. The van der Waals surface area contributed by atoms with Crippen LogP contribution in [0.25, 0.3) is 0 Å². The lowest BCUT2D eigenvalue weighted by Crippen LogP contribution is -2.14. The Balaban J connectivity index is 2.32. The highest BCUT2D eigenvalue weighted by molar-refractivity contribution is 5.35. The van der Waals surface area contributed by atoms with Crippen LogP contribution in [0.4, 0.5) is 0 Å². The third kappa shape index (κ3) is 1.61. The van der Waals surface area contributed by atoms with E-state index in [1.807, 2.05) is 0 Å². The highest BCUT2D eigenvalue weighted by Gasteiger charge is 2.30. The lowest BCUT2D eigenvalue weighted by atomic mass is 9.95. The highest BCUT2D eigenvalue weighted by Crippen LogP contribution is 2.40. The Bertz CT molecular complexity index is 313. The van der Waals surface area contributed by atoms with Crippen LogP contribution in [0.15, 0.2) is 18.2 Å². The maximum Gasteiger partial charge on any atom is 0.0326 e. The topological polar surface area (TPSA) is 26.0 Å². The third-order valence-electron chi connectivity index (χ3n) is 3.14. The van der Waals surface area contributed by atoms with E-state index in [9.17, 15) is 0 Å². The summed E-state index contributed by atoms with van der Waals surface area (Å²) < 4.78 is 0. The fourth-order valence-corrected chi connectivity index (χ4v) is 1.84. The normalized spacial score (nSPS) is 18.7. The molecular weight excluding hydrogens is 158 g/mol. The smallest absolute Gasteiger partial charge is 0.0326 e. The van der Waals surface area contributed by atoms with Gasteiger partial charge in [-0.25, -0.2) is 0 Å². The summed E-state index contributed by atoms with van der Waals surface area (Å²) in [5, 5.41) is 0. The molecule has 0 unspecified atom stereocenters. The van der Waals surface area contributed by atoms with Crippen LogP contribution >= 0.6 is 0 Å². The van der Waals surface area contributed by atoms with Gasteiger partial charge >= 0.3 is 0 Å². The summed E-state index contributed by atoms with van der Waals surface area (Å²) >= 11 is 0. The van der Waals surface area contributed by atoms with Gasteiger partial charge in [0.15, 0.2) is 0 Å². The van der Waals surface area contributed by atoms with Crippen molar-refractivity contribution in [1.82, 2.24) is 0 Å². The Kier molecular flexibility index (Phi) is 2.12. The van der Waals surface area contributed by atoms with Crippen LogP contribution < -0.4 is 5.73 Å². The lowest BCUT2D eigenvalue weighted by molar-refractivity contribution is 0.629. The minimum Gasteiger partial charge on any atom is -0.324 e. The molecule has 0 spiro atoms. The summed E-state index contributed by atoms with van der Waals surface area (Å²) in [7, 11) is 0. The summed E-state index contributed by atoms with van der Waals surface area (Å²) in [6.07, 6.45) is 2.63. The van der Waals surface area contributed by atoms with Gasteiger partial charge in [0.2, 0.25) is 0 Å². The fourth-order valence-electron chi connectivity index (χ4n) is 1.84.